The van der Waals surface area contributed by atoms with Gasteiger partial charge in [0.1, 0.15) is 6.10 Å². The maximum atomic E-state index is 12.4. The molecule has 0 N–H and O–H groups in total. The highest BCUT2D eigenvalue weighted by Crippen LogP contribution is 2.48. The van der Waals surface area contributed by atoms with Gasteiger partial charge in [-0.1, -0.05) is 28.1 Å². The van der Waals surface area contributed by atoms with Gasteiger partial charge in [0.25, 0.3) is 0 Å². The lowest BCUT2D eigenvalue weighted by molar-refractivity contribution is -0.153. The van der Waals surface area contributed by atoms with Crippen molar-refractivity contribution in [2.45, 2.75) is 31.3 Å². The Labute approximate surface area is 157 Å². The second kappa shape index (κ2) is 7.87. The zero-order valence-electron chi connectivity index (χ0n) is 14.8. The van der Waals surface area contributed by atoms with E-state index in [1.165, 1.54) is 5.56 Å². The zero-order valence-corrected chi connectivity index (χ0v) is 16.4. The largest absolute Gasteiger partial charge is 0.462 e. The van der Waals surface area contributed by atoms with E-state index in [2.05, 4.69) is 33.0 Å². The summed E-state index contributed by atoms with van der Waals surface area (Å²) < 4.78 is 6.77. The molecule has 0 radical (unpaired) electrons. The molecule has 1 aliphatic carbocycles. The smallest absolute Gasteiger partial charge is 0.309 e. The summed E-state index contributed by atoms with van der Waals surface area (Å²) in [4.78, 5) is 27.9. The molecule has 1 saturated heterocycles. The van der Waals surface area contributed by atoms with Crippen molar-refractivity contribution in [2.75, 3.05) is 33.7 Å². The van der Waals surface area contributed by atoms with Crippen LogP contribution < -0.4 is 0 Å². The molecule has 0 spiro atoms. The fourth-order valence-corrected chi connectivity index (χ4v) is 3.75. The van der Waals surface area contributed by atoms with Gasteiger partial charge in [0.2, 0.25) is 5.91 Å². The predicted molar refractivity (Wildman–Crippen MR) is 99.2 cm³/mol. The topological polar surface area (TPSA) is 49.9 Å². The first-order valence-electron chi connectivity index (χ1n) is 8.82. The second-order valence-corrected chi connectivity index (χ2v) is 8.12. The molecule has 2 aliphatic rings. The van der Waals surface area contributed by atoms with Gasteiger partial charge in [-0.05, 0) is 42.9 Å². The zero-order chi connectivity index (χ0) is 18.0. The lowest BCUT2D eigenvalue weighted by Gasteiger charge is -2.31. The number of nitrogens with zero attached hydrogens (tertiary/aromatic N) is 2. The first-order chi connectivity index (χ1) is 11.9. The van der Waals surface area contributed by atoms with Gasteiger partial charge in [0.05, 0.1) is 12.5 Å². The summed E-state index contributed by atoms with van der Waals surface area (Å²) in [5.74, 6) is 0.350. The van der Waals surface area contributed by atoms with Crippen LogP contribution in [0.25, 0.3) is 0 Å². The number of halogens is 1. The van der Waals surface area contributed by atoms with Crippen LogP contribution in [-0.2, 0) is 14.3 Å². The van der Waals surface area contributed by atoms with E-state index >= 15 is 0 Å². The minimum atomic E-state index is -0.0622. The fraction of sp³-hybridized carbons (Fsp3) is 0.579. The average molecular weight is 409 g/mol. The average Bonchev–Trinajstić information content (AvgIpc) is 3.37. The Morgan fingerprint density at radius 1 is 1.28 bits per heavy atom. The van der Waals surface area contributed by atoms with Crippen molar-refractivity contribution in [1.82, 2.24) is 9.80 Å². The molecular weight excluding hydrogens is 384 g/mol. The first kappa shape index (κ1) is 18.4. The molecule has 25 heavy (non-hydrogen) atoms. The van der Waals surface area contributed by atoms with Gasteiger partial charge in [-0.2, -0.15) is 0 Å². The Balaban J connectivity index is 1.42. The Morgan fingerprint density at radius 2 is 2.00 bits per heavy atom. The molecule has 0 bridgehead atoms. The lowest BCUT2D eigenvalue weighted by atomic mass is 10.1. The molecule has 136 valence electrons. The van der Waals surface area contributed by atoms with E-state index in [9.17, 15) is 9.59 Å². The van der Waals surface area contributed by atoms with E-state index in [0.717, 1.165) is 36.8 Å². The minimum Gasteiger partial charge on any atom is -0.462 e. The summed E-state index contributed by atoms with van der Waals surface area (Å²) >= 11 is 3.48. The van der Waals surface area contributed by atoms with Crippen molar-refractivity contribution >= 4 is 27.8 Å². The Bertz CT molecular complexity index is 641. The maximum Gasteiger partial charge on any atom is 0.309 e. The normalized spacial score (nSPS) is 24.0. The number of esters is 1. The van der Waals surface area contributed by atoms with Crippen LogP contribution in [0.4, 0.5) is 0 Å². The number of piperidine rings is 1. The van der Waals surface area contributed by atoms with E-state index in [1.54, 1.807) is 19.0 Å². The molecule has 2 unspecified atom stereocenters. The Kier molecular flexibility index (Phi) is 5.79. The summed E-state index contributed by atoms with van der Waals surface area (Å²) in [6, 6.07) is 8.15. The molecule has 2 fully saturated rings. The van der Waals surface area contributed by atoms with Crippen LogP contribution in [0, 0.1) is 5.92 Å². The number of rotatable bonds is 5. The quantitative estimate of drug-likeness (QED) is 0.702. The summed E-state index contributed by atoms with van der Waals surface area (Å²) in [5.41, 5.74) is 1.20. The number of carbonyl (C=O) groups excluding carboxylic acids is 2. The molecule has 1 heterocycles. The number of hydrogen-bond donors (Lipinski definition) is 0. The highest BCUT2D eigenvalue weighted by molar-refractivity contribution is 9.10. The van der Waals surface area contributed by atoms with Gasteiger partial charge in [0, 0.05) is 31.7 Å². The number of ether oxygens (including phenoxy) is 1. The number of amides is 1. The van der Waals surface area contributed by atoms with Crippen LogP contribution in [0.3, 0.4) is 0 Å². The highest BCUT2D eigenvalue weighted by atomic mass is 79.9. The third-order valence-electron chi connectivity index (χ3n) is 5.05. The van der Waals surface area contributed by atoms with Crippen LogP contribution in [-0.4, -0.2) is 61.5 Å². The second-order valence-electron chi connectivity index (χ2n) is 7.20. The van der Waals surface area contributed by atoms with Crippen molar-refractivity contribution in [1.29, 1.82) is 0 Å². The summed E-state index contributed by atoms with van der Waals surface area (Å²) in [5, 5.41) is 0. The molecule has 1 amide bonds. The van der Waals surface area contributed by atoms with Crippen LogP contribution in [0.1, 0.15) is 30.7 Å². The molecule has 2 atom stereocenters. The molecule has 6 heteroatoms. The van der Waals surface area contributed by atoms with E-state index in [0.29, 0.717) is 12.5 Å². The number of carbonyl (C=O) groups is 2. The molecule has 5 nitrogen and oxygen atoms in total. The van der Waals surface area contributed by atoms with Crippen LogP contribution in [0.5, 0.6) is 0 Å². The lowest BCUT2D eigenvalue weighted by Crippen LogP contribution is -2.43. The summed E-state index contributed by atoms with van der Waals surface area (Å²) in [7, 11) is 3.54. The number of likely N-dealkylation sites (tertiary alicyclic amines) is 1. The molecular formula is C19H25BrN2O3. The first-order valence-corrected chi connectivity index (χ1v) is 9.62. The van der Waals surface area contributed by atoms with Crippen molar-refractivity contribution in [3.8, 4) is 0 Å². The molecule has 1 saturated carbocycles. The van der Waals surface area contributed by atoms with Gasteiger partial charge in [-0.25, -0.2) is 0 Å². The van der Waals surface area contributed by atoms with Crippen molar-refractivity contribution in [2.24, 2.45) is 5.92 Å². The van der Waals surface area contributed by atoms with E-state index in [-0.39, 0.29) is 23.9 Å². The maximum absolute atomic E-state index is 12.4. The SMILES string of the molecule is CN(C)C(=O)CN1CCC(OC(=O)C2CC2c2cccc(Br)c2)CC1. The number of benzene rings is 1. The third kappa shape index (κ3) is 4.82. The van der Waals surface area contributed by atoms with Crippen LogP contribution in [0.15, 0.2) is 28.7 Å². The molecule has 1 aliphatic heterocycles. The molecule has 1 aromatic carbocycles. The van der Waals surface area contributed by atoms with Crippen LogP contribution in [0.2, 0.25) is 0 Å². The number of hydrogen-bond acceptors (Lipinski definition) is 4. The van der Waals surface area contributed by atoms with E-state index in [1.807, 2.05) is 12.1 Å². The standard InChI is InChI=1S/C19H25BrN2O3/c1-21(2)18(23)12-22-8-6-15(7-9-22)25-19(24)17-11-16(17)13-4-3-5-14(20)10-13/h3-5,10,15-17H,6-9,11-12H2,1-2H3. The Hall–Kier alpha value is -1.40. The summed E-state index contributed by atoms with van der Waals surface area (Å²) in [6.07, 6.45) is 2.48. The van der Waals surface area contributed by atoms with Gasteiger partial charge in [-0.3, -0.25) is 14.5 Å². The Morgan fingerprint density at radius 3 is 2.64 bits per heavy atom. The monoisotopic (exact) mass is 408 g/mol. The minimum absolute atomic E-state index is 0.00245. The molecule has 1 aromatic rings. The third-order valence-corrected chi connectivity index (χ3v) is 5.54. The van der Waals surface area contributed by atoms with Gasteiger partial charge >= 0.3 is 5.97 Å². The van der Waals surface area contributed by atoms with Crippen molar-refractivity contribution in [3.05, 3.63) is 34.3 Å². The van der Waals surface area contributed by atoms with Crippen LogP contribution >= 0.6 is 15.9 Å². The van der Waals surface area contributed by atoms with E-state index in [4.69, 9.17) is 4.74 Å². The number of likely N-dealkylation sites (N-methyl/N-ethyl adjacent to an activating group) is 1. The molecule has 0 aromatic heterocycles. The van der Waals surface area contributed by atoms with Gasteiger partial charge in [-0.15, -0.1) is 0 Å². The van der Waals surface area contributed by atoms with E-state index < -0.39 is 0 Å². The fourth-order valence-electron chi connectivity index (χ4n) is 3.33. The molecule has 3 rings (SSSR count). The van der Waals surface area contributed by atoms with Crippen molar-refractivity contribution < 1.29 is 14.3 Å². The highest BCUT2D eigenvalue weighted by Gasteiger charge is 2.46. The van der Waals surface area contributed by atoms with Gasteiger partial charge < -0.3 is 9.64 Å². The summed E-state index contributed by atoms with van der Waals surface area (Å²) in [6.45, 7) is 2.05. The van der Waals surface area contributed by atoms with Gasteiger partial charge in [0.15, 0.2) is 0 Å². The van der Waals surface area contributed by atoms with Crippen molar-refractivity contribution in [3.63, 3.8) is 0 Å². The predicted octanol–water partition coefficient (Wildman–Crippen LogP) is 2.65.